The van der Waals surface area contributed by atoms with E-state index in [1.54, 1.807) is 0 Å². The number of anilines is 1. The summed E-state index contributed by atoms with van der Waals surface area (Å²) >= 11 is 5.44. The Morgan fingerprint density at radius 2 is 2.13 bits per heavy atom. The van der Waals surface area contributed by atoms with Crippen LogP contribution >= 0.6 is 27.7 Å². The second-order valence-corrected chi connectivity index (χ2v) is 5.87. The number of hydrogen-bond acceptors (Lipinski definition) is 2. The molecule has 1 aromatic rings. The predicted octanol–water partition coefficient (Wildman–Crippen LogP) is 4.31. The Morgan fingerprint density at radius 3 is 2.73 bits per heavy atom. The molecule has 0 aliphatic heterocycles. The number of benzene rings is 1. The van der Waals surface area contributed by atoms with Gasteiger partial charge in [-0.2, -0.15) is 11.8 Å². The highest BCUT2D eigenvalue weighted by Crippen LogP contribution is 2.22. The Hall–Kier alpha value is -0.150. The first-order valence-electron chi connectivity index (χ1n) is 5.24. The van der Waals surface area contributed by atoms with Crippen LogP contribution in [-0.2, 0) is 5.75 Å². The molecule has 1 rings (SSSR count). The maximum atomic E-state index is 5.78. The van der Waals surface area contributed by atoms with Crippen molar-refractivity contribution < 1.29 is 0 Å². The molecule has 0 aliphatic rings. The fourth-order valence-electron chi connectivity index (χ4n) is 1.25. The largest absolute Gasteiger partial charge is 0.399 e. The molecule has 0 aromatic heterocycles. The second-order valence-electron chi connectivity index (χ2n) is 3.92. The SMILES string of the molecule is CCC(C)CSCc1cc(N)cc(Br)c1. The predicted molar refractivity (Wildman–Crippen MR) is 74.2 cm³/mol. The van der Waals surface area contributed by atoms with Crippen LogP contribution in [0.25, 0.3) is 0 Å². The van der Waals surface area contributed by atoms with Crippen LogP contribution in [0.3, 0.4) is 0 Å². The summed E-state index contributed by atoms with van der Waals surface area (Å²) < 4.78 is 1.07. The lowest BCUT2D eigenvalue weighted by atomic mass is 10.2. The van der Waals surface area contributed by atoms with Gasteiger partial charge in [0, 0.05) is 15.9 Å². The van der Waals surface area contributed by atoms with E-state index < -0.39 is 0 Å². The molecule has 0 radical (unpaired) electrons. The highest BCUT2D eigenvalue weighted by atomic mass is 79.9. The van der Waals surface area contributed by atoms with Crippen molar-refractivity contribution >= 4 is 33.4 Å². The molecule has 0 amide bonds. The average molecular weight is 288 g/mol. The van der Waals surface area contributed by atoms with E-state index in [4.69, 9.17) is 5.73 Å². The van der Waals surface area contributed by atoms with Crippen LogP contribution < -0.4 is 5.73 Å². The topological polar surface area (TPSA) is 26.0 Å². The van der Waals surface area contributed by atoms with E-state index in [9.17, 15) is 0 Å². The minimum absolute atomic E-state index is 0.805. The summed E-state index contributed by atoms with van der Waals surface area (Å²) in [6, 6.07) is 6.12. The van der Waals surface area contributed by atoms with Crippen molar-refractivity contribution in [1.29, 1.82) is 0 Å². The molecule has 2 N–H and O–H groups in total. The molecule has 1 unspecified atom stereocenters. The molecule has 1 atom stereocenters. The molecular formula is C12H18BrNS. The normalized spacial score (nSPS) is 12.7. The lowest BCUT2D eigenvalue weighted by Gasteiger charge is -2.08. The third-order valence-corrected chi connectivity index (χ3v) is 4.15. The van der Waals surface area contributed by atoms with E-state index in [2.05, 4.69) is 35.8 Å². The first-order chi connectivity index (χ1) is 7.11. The van der Waals surface area contributed by atoms with Gasteiger partial charge in [0.2, 0.25) is 0 Å². The molecule has 0 fully saturated rings. The molecule has 0 spiro atoms. The Bertz CT molecular complexity index is 294. The van der Waals surface area contributed by atoms with E-state index in [1.165, 1.54) is 17.7 Å². The second kappa shape index (κ2) is 6.44. The zero-order valence-corrected chi connectivity index (χ0v) is 11.7. The minimum Gasteiger partial charge on any atom is -0.399 e. The first-order valence-corrected chi connectivity index (χ1v) is 7.19. The van der Waals surface area contributed by atoms with Crippen LogP contribution in [0.5, 0.6) is 0 Å². The van der Waals surface area contributed by atoms with E-state index in [0.29, 0.717) is 0 Å². The van der Waals surface area contributed by atoms with Crippen molar-refractivity contribution in [3.63, 3.8) is 0 Å². The van der Waals surface area contributed by atoms with E-state index >= 15 is 0 Å². The number of rotatable bonds is 5. The van der Waals surface area contributed by atoms with Crippen molar-refractivity contribution in [2.45, 2.75) is 26.0 Å². The van der Waals surface area contributed by atoms with E-state index in [0.717, 1.165) is 21.8 Å². The van der Waals surface area contributed by atoms with Gasteiger partial charge in [-0.3, -0.25) is 0 Å². The van der Waals surface area contributed by atoms with Gasteiger partial charge < -0.3 is 5.73 Å². The average Bonchev–Trinajstić information content (AvgIpc) is 2.16. The summed E-state index contributed by atoms with van der Waals surface area (Å²) in [7, 11) is 0. The molecule has 1 aromatic carbocycles. The van der Waals surface area contributed by atoms with Gasteiger partial charge in [-0.05, 0) is 35.4 Å². The Labute approximate surface area is 105 Å². The summed E-state index contributed by atoms with van der Waals surface area (Å²) in [4.78, 5) is 0. The molecule has 1 nitrogen and oxygen atoms in total. The van der Waals surface area contributed by atoms with Gasteiger partial charge >= 0.3 is 0 Å². The van der Waals surface area contributed by atoms with E-state index in [-0.39, 0.29) is 0 Å². The van der Waals surface area contributed by atoms with Crippen LogP contribution in [0, 0.1) is 5.92 Å². The van der Waals surface area contributed by atoms with Gasteiger partial charge in [-0.25, -0.2) is 0 Å². The summed E-state index contributed by atoms with van der Waals surface area (Å²) in [6.07, 6.45) is 1.26. The number of nitrogen functional groups attached to an aromatic ring is 1. The maximum Gasteiger partial charge on any atom is 0.0328 e. The van der Waals surface area contributed by atoms with Crippen LogP contribution in [-0.4, -0.2) is 5.75 Å². The van der Waals surface area contributed by atoms with Gasteiger partial charge in [0.25, 0.3) is 0 Å². The zero-order chi connectivity index (χ0) is 11.3. The molecule has 84 valence electrons. The monoisotopic (exact) mass is 287 g/mol. The maximum absolute atomic E-state index is 5.78. The molecule has 0 aliphatic carbocycles. The van der Waals surface area contributed by atoms with Crippen molar-refractivity contribution in [3.8, 4) is 0 Å². The summed E-state index contributed by atoms with van der Waals surface area (Å²) in [5.74, 6) is 3.08. The molecule has 0 heterocycles. The smallest absolute Gasteiger partial charge is 0.0328 e. The highest BCUT2D eigenvalue weighted by molar-refractivity contribution is 9.10. The first kappa shape index (κ1) is 12.9. The molecule has 0 bridgehead atoms. The van der Waals surface area contributed by atoms with Gasteiger partial charge in [-0.15, -0.1) is 0 Å². The zero-order valence-electron chi connectivity index (χ0n) is 9.29. The van der Waals surface area contributed by atoms with Crippen LogP contribution in [0.2, 0.25) is 0 Å². The van der Waals surface area contributed by atoms with Gasteiger partial charge in [0.15, 0.2) is 0 Å². The molecular weight excluding hydrogens is 270 g/mol. The number of halogens is 1. The molecule has 3 heteroatoms. The van der Waals surface area contributed by atoms with Crippen molar-refractivity contribution in [3.05, 3.63) is 28.2 Å². The number of hydrogen-bond donors (Lipinski definition) is 1. The lowest BCUT2D eigenvalue weighted by molar-refractivity contribution is 0.637. The van der Waals surface area contributed by atoms with Gasteiger partial charge in [0.1, 0.15) is 0 Å². The quantitative estimate of drug-likeness (QED) is 0.817. The summed E-state index contributed by atoms with van der Waals surface area (Å²) in [6.45, 7) is 4.53. The fraction of sp³-hybridized carbons (Fsp3) is 0.500. The standard InChI is InChI=1S/C12H18BrNS/c1-3-9(2)7-15-8-10-4-11(13)6-12(14)5-10/h4-6,9H,3,7-8,14H2,1-2H3. The Balaban J connectivity index is 2.43. The van der Waals surface area contributed by atoms with Gasteiger partial charge in [-0.1, -0.05) is 36.2 Å². The summed E-state index contributed by atoms with van der Waals surface area (Å²) in [5.41, 5.74) is 7.92. The fourth-order valence-corrected chi connectivity index (χ4v) is 2.97. The van der Waals surface area contributed by atoms with Gasteiger partial charge in [0.05, 0.1) is 0 Å². The summed E-state index contributed by atoms with van der Waals surface area (Å²) in [5, 5.41) is 0. The Kier molecular flexibility index (Phi) is 5.54. The molecule has 15 heavy (non-hydrogen) atoms. The third kappa shape index (κ3) is 4.94. The minimum atomic E-state index is 0.805. The Morgan fingerprint density at radius 1 is 1.40 bits per heavy atom. The molecule has 0 saturated heterocycles. The van der Waals surface area contributed by atoms with E-state index in [1.807, 2.05) is 23.9 Å². The van der Waals surface area contributed by atoms with Crippen molar-refractivity contribution in [2.24, 2.45) is 5.92 Å². The number of thioether (sulfide) groups is 1. The van der Waals surface area contributed by atoms with Crippen LogP contribution in [0.4, 0.5) is 5.69 Å². The molecule has 0 saturated carbocycles. The van der Waals surface area contributed by atoms with Crippen molar-refractivity contribution in [2.75, 3.05) is 11.5 Å². The lowest BCUT2D eigenvalue weighted by Crippen LogP contribution is -1.96. The van der Waals surface area contributed by atoms with Crippen LogP contribution in [0.15, 0.2) is 22.7 Å². The third-order valence-electron chi connectivity index (χ3n) is 2.35. The van der Waals surface area contributed by atoms with Crippen molar-refractivity contribution in [1.82, 2.24) is 0 Å². The number of nitrogens with two attached hydrogens (primary N) is 1. The van der Waals surface area contributed by atoms with Crippen LogP contribution in [0.1, 0.15) is 25.8 Å². The highest BCUT2D eigenvalue weighted by Gasteiger charge is 2.01.